The second kappa shape index (κ2) is 8.88. The van der Waals surface area contributed by atoms with Crippen molar-refractivity contribution in [2.45, 2.75) is 25.9 Å². The van der Waals surface area contributed by atoms with Gasteiger partial charge in [-0.15, -0.1) is 0 Å². The van der Waals surface area contributed by atoms with Crippen LogP contribution in [0.3, 0.4) is 0 Å². The van der Waals surface area contributed by atoms with Crippen molar-refractivity contribution in [3.05, 3.63) is 75.6 Å². The summed E-state index contributed by atoms with van der Waals surface area (Å²) in [6.07, 6.45) is -0.223. The minimum atomic E-state index is -0.796. The second-order valence-corrected chi connectivity index (χ2v) is 6.00. The summed E-state index contributed by atoms with van der Waals surface area (Å²) in [5, 5.41) is 13.7. The summed E-state index contributed by atoms with van der Waals surface area (Å²) in [6, 6.07) is 10.8. The van der Waals surface area contributed by atoms with E-state index >= 15 is 0 Å². The van der Waals surface area contributed by atoms with Gasteiger partial charge in [-0.05, 0) is 24.6 Å². The third-order valence-corrected chi connectivity index (χ3v) is 4.21. The van der Waals surface area contributed by atoms with Gasteiger partial charge >= 0.3 is 0 Å². The summed E-state index contributed by atoms with van der Waals surface area (Å²) in [5.74, 6) is -1.21. The highest BCUT2D eigenvalue weighted by Crippen LogP contribution is 2.20. The number of amides is 2. The summed E-state index contributed by atoms with van der Waals surface area (Å²) in [6.45, 7) is 1.65. The molecule has 2 rings (SSSR count). The Bertz CT molecular complexity index is 839. The number of carbonyl (C=O) groups is 2. The number of halogens is 1. The molecule has 0 saturated heterocycles. The SMILES string of the molecule is CNC(=O)C(C)N(Cc1ccc(F)cc1)C(=O)Cc1ccccc1[N+](=O)[O-]. The van der Waals surface area contributed by atoms with Crippen molar-refractivity contribution < 1.29 is 18.9 Å². The van der Waals surface area contributed by atoms with Crippen LogP contribution in [0.25, 0.3) is 0 Å². The molecule has 1 atom stereocenters. The smallest absolute Gasteiger partial charge is 0.273 e. The Balaban J connectivity index is 2.29. The minimum absolute atomic E-state index is 0.0777. The Kier molecular flexibility index (Phi) is 6.59. The first kappa shape index (κ1) is 20.0. The van der Waals surface area contributed by atoms with Crippen molar-refractivity contribution in [2.24, 2.45) is 0 Å². The topological polar surface area (TPSA) is 92.6 Å². The fourth-order valence-electron chi connectivity index (χ4n) is 2.68. The fraction of sp³-hybridized carbons (Fsp3) is 0.263. The van der Waals surface area contributed by atoms with E-state index in [1.54, 1.807) is 13.0 Å². The molecule has 2 aromatic carbocycles. The van der Waals surface area contributed by atoms with Crippen molar-refractivity contribution in [2.75, 3.05) is 7.05 Å². The summed E-state index contributed by atoms with van der Waals surface area (Å²) >= 11 is 0. The third kappa shape index (κ3) is 5.10. The van der Waals surface area contributed by atoms with Crippen LogP contribution in [-0.2, 0) is 22.6 Å². The predicted octanol–water partition coefficient (Wildman–Crippen LogP) is 2.44. The lowest BCUT2D eigenvalue weighted by molar-refractivity contribution is -0.385. The molecule has 0 spiro atoms. The fourth-order valence-corrected chi connectivity index (χ4v) is 2.68. The number of rotatable bonds is 7. The van der Waals surface area contributed by atoms with Gasteiger partial charge in [-0.2, -0.15) is 0 Å². The van der Waals surface area contributed by atoms with Crippen molar-refractivity contribution in [1.82, 2.24) is 10.2 Å². The van der Waals surface area contributed by atoms with Crippen molar-refractivity contribution >= 4 is 17.5 Å². The Morgan fingerprint density at radius 1 is 1.19 bits per heavy atom. The van der Waals surface area contributed by atoms with Gasteiger partial charge in [0.1, 0.15) is 11.9 Å². The van der Waals surface area contributed by atoms with E-state index in [1.165, 1.54) is 54.4 Å². The molecule has 2 amide bonds. The van der Waals surface area contributed by atoms with E-state index < -0.39 is 22.7 Å². The highest BCUT2D eigenvalue weighted by atomic mass is 19.1. The standard InChI is InChI=1S/C19H20FN3O4/c1-13(19(25)21-2)22(12-14-7-9-16(20)10-8-14)18(24)11-15-5-3-4-6-17(15)23(26)27/h3-10,13H,11-12H2,1-2H3,(H,21,25). The van der Waals surface area contributed by atoms with Crippen molar-refractivity contribution in [1.29, 1.82) is 0 Å². The molecule has 2 aromatic rings. The van der Waals surface area contributed by atoms with Crippen LogP contribution in [0.15, 0.2) is 48.5 Å². The number of nitro benzene ring substituents is 1. The minimum Gasteiger partial charge on any atom is -0.357 e. The molecule has 0 bridgehead atoms. The quantitative estimate of drug-likeness (QED) is 0.596. The van der Waals surface area contributed by atoms with E-state index in [4.69, 9.17) is 0 Å². The lowest BCUT2D eigenvalue weighted by Crippen LogP contribution is -2.47. The number of para-hydroxylation sites is 1. The van der Waals surface area contributed by atoms with Crippen LogP contribution in [0.2, 0.25) is 0 Å². The second-order valence-electron chi connectivity index (χ2n) is 6.00. The molecule has 0 aliphatic rings. The van der Waals surface area contributed by atoms with E-state index in [-0.39, 0.29) is 30.1 Å². The van der Waals surface area contributed by atoms with Crippen LogP contribution in [0.4, 0.5) is 10.1 Å². The van der Waals surface area contributed by atoms with E-state index in [1.807, 2.05) is 0 Å². The van der Waals surface area contributed by atoms with Gasteiger partial charge in [0.25, 0.3) is 5.69 Å². The van der Waals surface area contributed by atoms with E-state index in [0.29, 0.717) is 5.56 Å². The van der Waals surface area contributed by atoms with Crippen molar-refractivity contribution in [3.63, 3.8) is 0 Å². The Morgan fingerprint density at radius 2 is 1.81 bits per heavy atom. The van der Waals surface area contributed by atoms with E-state index in [0.717, 1.165) is 0 Å². The number of nitrogens with zero attached hydrogens (tertiary/aromatic N) is 2. The molecule has 0 radical (unpaired) electrons. The zero-order valence-corrected chi connectivity index (χ0v) is 15.0. The first-order valence-electron chi connectivity index (χ1n) is 8.31. The monoisotopic (exact) mass is 373 g/mol. The van der Waals surface area contributed by atoms with Gasteiger partial charge in [-0.3, -0.25) is 19.7 Å². The highest BCUT2D eigenvalue weighted by molar-refractivity contribution is 5.88. The highest BCUT2D eigenvalue weighted by Gasteiger charge is 2.27. The van der Waals surface area contributed by atoms with Gasteiger partial charge in [-0.25, -0.2) is 4.39 Å². The van der Waals surface area contributed by atoms with Gasteiger partial charge in [-0.1, -0.05) is 30.3 Å². The molecule has 0 saturated carbocycles. The molecule has 0 aliphatic heterocycles. The van der Waals surface area contributed by atoms with Crippen LogP contribution in [-0.4, -0.2) is 34.7 Å². The van der Waals surface area contributed by atoms with Crippen LogP contribution in [0, 0.1) is 15.9 Å². The lowest BCUT2D eigenvalue weighted by Gasteiger charge is -2.28. The third-order valence-electron chi connectivity index (χ3n) is 4.21. The zero-order valence-electron chi connectivity index (χ0n) is 15.0. The molecular weight excluding hydrogens is 353 g/mol. The van der Waals surface area contributed by atoms with Gasteiger partial charge < -0.3 is 10.2 Å². The number of hydrogen-bond acceptors (Lipinski definition) is 4. The van der Waals surface area contributed by atoms with Crippen LogP contribution in [0.1, 0.15) is 18.1 Å². The largest absolute Gasteiger partial charge is 0.357 e. The summed E-state index contributed by atoms with van der Waals surface area (Å²) in [5.41, 5.74) is 0.754. The predicted molar refractivity (Wildman–Crippen MR) is 97.3 cm³/mol. The van der Waals surface area contributed by atoms with Crippen LogP contribution < -0.4 is 5.32 Å². The van der Waals surface area contributed by atoms with Gasteiger partial charge in [0, 0.05) is 25.2 Å². The molecule has 7 nitrogen and oxygen atoms in total. The van der Waals surface area contributed by atoms with E-state index in [2.05, 4.69) is 5.32 Å². The average Bonchev–Trinajstić information content (AvgIpc) is 2.66. The first-order chi connectivity index (χ1) is 12.8. The maximum atomic E-state index is 13.1. The number of nitrogens with one attached hydrogen (secondary N) is 1. The zero-order chi connectivity index (χ0) is 20.0. The van der Waals surface area contributed by atoms with Gasteiger partial charge in [0.15, 0.2) is 0 Å². The normalized spacial score (nSPS) is 11.5. The van der Waals surface area contributed by atoms with E-state index in [9.17, 15) is 24.1 Å². The summed E-state index contributed by atoms with van der Waals surface area (Å²) < 4.78 is 13.1. The number of nitro groups is 1. The maximum Gasteiger partial charge on any atom is 0.273 e. The molecule has 0 aromatic heterocycles. The van der Waals surface area contributed by atoms with Crippen LogP contribution in [0.5, 0.6) is 0 Å². The molecule has 0 heterocycles. The summed E-state index contributed by atoms with van der Waals surface area (Å²) in [7, 11) is 1.46. The van der Waals surface area contributed by atoms with Crippen molar-refractivity contribution in [3.8, 4) is 0 Å². The molecule has 1 unspecified atom stereocenters. The Labute approximate surface area is 155 Å². The first-order valence-corrected chi connectivity index (χ1v) is 8.31. The number of hydrogen-bond donors (Lipinski definition) is 1. The molecule has 1 N–H and O–H groups in total. The lowest BCUT2D eigenvalue weighted by atomic mass is 10.1. The Hall–Kier alpha value is -3.29. The number of carbonyl (C=O) groups excluding carboxylic acids is 2. The Morgan fingerprint density at radius 3 is 2.41 bits per heavy atom. The molecule has 0 aliphatic carbocycles. The van der Waals surface area contributed by atoms with Gasteiger partial charge in [0.2, 0.25) is 11.8 Å². The van der Waals surface area contributed by atoms with Crippen LogP contribution >= 0.6 is 0 Å². The number of likely N-dealkylation sites (N-methyl/N-ethyl adjacent to an activating group) is 1. The molecule has 27 heavy (non-hydrogen) atoms. The maximum absolute atomic E-state index is 13.1. The average molecular weight is 373 g/mol. The number of benzene rings is 2. The molecular formula is C19H20FN3O4. The molecule has 0 fully saturated rings. The summed E-state index contributed by atoms with van der Waals surface area (Å²) in [4.78, 5) is 36.9. The molecule has 142 valence electrons. The van der Waals surface area contributed by atoms with Gasteiger partial charge in [0.05, 0.1) is 11.3 Å². The molecule has 8 heteroatoms.